The van der Waals surface area contributed by atoms with Gasteiger partial charge in [0, 0.05) is 13.3 Å². The summed E-state index contributed by atoms with van der Waals surface area (Å²) in [6.45, 7) is 7.83. The molecule has 1 atom stereocenters. The fourth-order valence-electron chi connectivity index (χ4n) is 1.68. The van der Waals surface area contributed by atoms with E-state index in [9.17, 15) is 9.59 Å². The molecule has 0 radical (unpaired) electrons. The number of aldehydes is 1. The van der Waals surface area contributed by atoms with E-state index < -0.39 is 0 Å². The quantitative estimate of drug-likeness (QED) is 0.329. The number of hydrogen-bond acceptors (Lipinski definition) is 3. The molecular weight excluding hydrogens is 240 g/mol. The maximum absolute atomic E-state index is 10.6. The van der Waals surface area contributed by atoms with Crippen LogP contribution in [0.2, 0.25) is 0 Å². The minimum Gasteiger partial charge on any atom is -0.463 e. The summed E-state index contributed by atoms with van der Waals surface area (Å²) in [7, 11) is 0. The fraction of sp³-hybridized carbons (Fsp3) is 0.875. The van der Waals surface area contributed by atoms with Gasteiger partial charge in [-0.15, -0.1) is 0 Å². The SMILES string of the molecule is CCCCCC(CC)OC(C)=O.CCCCCC=O. The van der Waals surface area contributed by atoms with Crippen LogP contribution in [0.4, 0.5) is 0 Å². The van der Waals surface area contributed by atoms with Crippen LogP contribution in [0.3, 0.4) is 0 Å². The minimum atomic E-state index is -0.154. The Balaban J connectivity index is 0. The molecule has 114 valence electrons. The third-order valence-electron chi connectivity index (χ3n) is 2.84. The Morgan fingerprint density at radius 3 is 2.05 bits per heavy atom. The van der Waals surface area contributed by atoms with Crippen molar-refractivity contribution >= 4 is 12.3 Å². The molecule has 0 aliphatic carbocycles. The molecule has 1 unspecified atom stereocenters. The number of hydrogen-bond donors (Lipinski definition) is 0. The Bertz CT molecular complexity index is 202. The van der Waals surface area contributed by atoms with Crippen LogP contribution in [-0.2, 0) is 14.3 Å². The normalized spacial score (nSPS) is 11.2. The molecule has 0 aliphatic rings. The van der Waals surface area contributed by atoms with Gasteiger partial charge in [0.2, 0.25) is 0 Å². The highest BCUT2D eigenvalue weighted by Gasteiger charge is 2.07. The second-order valence-corrected chi connectivity index (χ2v) is 4.80. The van der Waals surface area contributed by atoms with Gasteiger partial charge in [-0.2, -0.15) is 0 Å². The summed E-state index contributed by atoms with van der Waals surface area (Å²) in [6.07, 6.45) is 10.9. The van der Waals surface area contributed by atoms with Gasteiger partial charge in [0.1, 0.15) is 12.4 Å². The summed E-state index contributed by atoms with van der Waals surface area (Å²) in [5, 5.41) is 0. The zero-order chi connectivity index (χ0) is 14.9. The minimum absolute atomic E-state index is 0.147. The zero-order valence-corrected chi connectivity index (χ0v) is 13.2. The zero-order valence-electron chi connectivity index (χ0n) is 13.2. The molecule has 0 spiro atoms. The molecule has 0 aliphatic heterocycles. The third kappa shape index (κ3) is 19.7. The van der Waals surface area contributed by atoms with Crippen molar-refractivity contribution in [3.8, 4) is 0 Å². The van der Waals surface area contributed by atoms with E-state index in [2.05, 4.69) is 20.8 Å². The van der Waals surface area contributed by atoms with Crippen molar-refractivity contribution in [2.75, 3.05) is 0 Å². The van der Waals surface area contributed by atoms with E-state index in [1.807, 2.05) is 0 Å². The van der Waals surface area contributed by atoms with E-state index in [0.717, 1.165) is 32.0 Å². The largest absolute Gasteiger partial charge is 0.463 e. The maximum Gasteiger partial charge on any atom is 0.302 e. The Morgan fingerprint density at radius 2 is 1.63 bits per heavy atom. The van der Waals surface area contributed by atoms with E-state index in [0.29, 0.717) is 0 Å². The molecule has 0 rings (SSSR count). The summed E-state index contributed by atoms with van der Waals surface area (Å²) in [4.78, 5) is 20.3. The summed E-state index contributed by atoms with van der Waals surface area (Å²) in [5.74, 6) is -0.154. The number of rotatable bonds is 10. The highest BCUT2D eigenvalue weighted by molar-refractivity contribution is 5.66. The first-order chi connectivity index (χ1) is 9.12. The van der Waals surface area contributed by atoms with E-state index >= 15 is 0 Å². The van der Waals surface area contributed by atoms with Crippen LogP contribution in [0.25, 0.3) is 0 Å². The molecular formula is C16H32O3. The number of unbranched alkanes of at least 4 members (excludes halogenated alkanes) is 5. The molecule has 0 aromatic rings. The lowest BCUT2D eigenvalue weighted by Gasteiger charge is -2.14. The van der Waals surface area contributed by atoms with E-state index in [-0.39, 0.29) is 12.1 Å². The van der Waals surface area contributed by atoms with Crippen molar-refractivity contribution < 1.29 is 14.3 Å². The summed E-state index contributed by atoms with van der Waals surface area (Å²) < 4.78 is 5.11. The summed E-state index contributed by atoms with van der Waals surface area (Å²) in [5.41, 5.74) is 0. The van der Waals surface area contributed by atoms with Gasteiger partial charge in [-0.3, -0.25) is 4.79 Å². The van der Waals surface area contributed by atoms with Gasteiger partial charge in [-0.25, -0.2) is 0 Å². The van der Waals surface area contributed by atoms with Crippen LogP contribution >= 0.6 is 0 Å². The average molecular weight is 272 g/mol. The molecule has 19 heavy (non-hydrogen) atoms. The van der Waals surface area contributed by atoms with Gasteiger partial charge in [0.25, 0.3) is 0 Å². The molecule has 0 N–H and O–H groups in total. The predicted molar refractivity (Wildman–Crippen MR) is 80.2 cm³/mol. The van der Waals surface area contributed by atoms with Crippen molar-refractivity contribution in [2.45, 2.75) is 91.6 Å². The Morgan fingerprint density at radius 1 is 1.05 bits per heavy atom. The van der Waals surface area contributed by atoms with E-state index in [1.54, 1.807) is 0 Å². The van der Waals surface area contributed by atoms with Crippen LogP contribution < -0.4 is 0 Å². The van der Waals surface area contributed by atoms with Gasteiger partial charge in [0.15, 0.2) is 0 Å². The maximum atomic E-state index is 10.6. The molecule has 0 aromatic carbocycles. The lowest BCUT2D eigenvalue weighted by atomic mass is 10.1. The molecule has 0 aromatic heterocycles. The molecule has 0 heterocycles. The van der Waals surface area contributed by atoms with Crippen LogP contribution in [0.5, 0.6) is 0 Å². The Labute approximate surface area is 119 Å². The van der Waals surface area contributed by atoms with E-state index in [1.165, 1.54) is 39.0 Å². The van der Waals surface area contributed by atoms with Crippen molar-refractivity contribution in [1.29, 1.82) is 0 Å². The first kappa shape index (κ1) is 20.5. The van der Waals surface area contributed by atoms with Gasteiger partial charge >= 0.3 is 5.97 Å². The summed E-state index contributed by atoms with van der Waals surface area (Å²) >= 11 is 0. The van der Waals surface area contributed by atoms with Crippen LogP contribution in [0.1, 0.15) is 85.5 Å². The van der Waals surface area contributed by atoms with Crippen molar-refractivity contribution in [3.63, 3.8) is 0 Å². The molecule has 0 fully saturated rings. The van der Waals surface area contributed by atoms with Gasteiger partial charge < -0.3 is 9.53 Å². The lowest BCUT2D eigenvalue weighted by Crippen LogP contribution is -2.14. The number of esters is 1. The lowest BCUT2D eigenvalue weighted by molar-refractivity contribution is -0.146. The van der Waals surface area contributed by atoms with E-state index in [4.69, 9.17) is 4.74 Å². The molecule has 0 bridgehead atoms. The standard InChI is InChI=1S/C10H20O2.C6H12O/c1-4-6-7-8-10(5-2)12-9(3)11;1-2-3-4-5-6-7/h10H,4-8H2,1-3H3;6H,2-5H2,1H3. The van der Waals surface area contributed by atoms with Gasteiger partial charge in [0.05, 0.1) is 0 Å². The fourth-order valence-corrected chi connectivity index (χ4v) is 1.68. The topological polar surface area (TPSA) is 43.4 Å². The van der Waals surface area contributed by atoms with Crippen LogP contribution in [-0.4, -0.2) is 18.4 Å². The predicted octanol–water partition coefficient (Wildman–Crippen LogP) is 4.67. The molecule has 0 amide bonds. The average Bonchev–Trinajstić information content (AvgIpc) is 2.39. The number of carbonyl (C=O) groups is 2. The van der Waals surface area contributed by atoms with Gasteiger partial charge in [-0.1, -0.05) is 46.5 Å². The highest BCUT2D eigenvalue weighted by atomic mass is 16.5. The third-order valence-corrected chi connectivity index (χ3v) is 2.84. The van der Waals surface area contributed by atoms with Crippen molar-refractivity contribution in [1.82, 2.24) is 0 Å². The molecule has 3 heteroatoms. The second kappa shape index (κ2) is 17.1. The molecule has 3 nitrogen and oxygen atoms in total. The smallest absolute Gasteiger partial charge is 0.302 e. The Kier molecular flexibility index (Phi) is 18.5. The van der Waals surface area contributed by atoms with Crippen LogP contribution in [0, 0.1) is 0 Å². The van der Waals surface area contributed by atoms with Gasteiger partial charge in [-0.05, 0) is 25.7 Å². The number of ether oxygens (including phenoxy) is 1. The van der Waals surface area contributed by atoms with Crippen LogP contribution in [0.15, 0.2) is 0 Å². The molecule has 0 saturated carbocycles. The first-order valence-electron chi connectivity index (χ1n) is 7.73. The second-order valence-electron chi connectivity index (χ2n) is 4.80. The first-order valence-corrected chi connectivity index (χ1v) is 7.73. The Hall–Kier alpha value is -0.860. The monoisotopic (exact) mass is 272 g/mol. The summed E-state index contributed by atoms with van der Waals surface area (Å²) in [6, 6.07) is 0. The highest BCUT2D eigenvalue weighted by Crippen LogP contribution is 2.09. The number of carbonyl (C=O) groups excluding carboxylic acids is 2. The van der Waals surface area contributed by atoms with Crippen molar-refractivity contribution in [3.05, 3.63) is 0 Å². The van der Waals surface area contributed by atoms with Crippen molar-refractivity contribution in [2.24, 2.45) is 0 Å². The molecule has 0 saturated heterocycles.